The van der Waals surface area contributed by atoms with Crippen molar-refractivity contribution < 1.29 is 13.2 Å². The van der Waals surface area contributed by atoms with E-state index in [4.69, 9.17) is 16.3 Å². The van der Waals surface area contributed by atoms with Crippen molar-refractivity contribution in [2.45, 2.75) is 12.8 Å². The summed E-state index contributed by atoms with van der Waals surface area (Å²) >= 11 is 5.44. The lowest BCUT2D eigenvalue weighted by molar-refractivity contribution is 0.147. The van der Waals surface area contributed by atoms with Crippen LogP contribution in [0.1, 0.15) is 12.1 Å². The Hall–Kier alpha value is -0.690. The Morgan fingerprint density at radius 2 is 2.16 bits per heavy atom. The number of sulfonamides is 1. The molecule has 108 valence electrons. The molecular weight excluding hydrogens is 288 g/mol. The quantitative estimate of drug-likeness (QED) is 0.521. The minimum Gasteiger partial charge on any atom is -0.380 e. The smallest absolute Gasteiger partial charge is 0.211 e. The van der Waals surface area contributed by atoms with Crippen LogP contribution in [0.4, 0.5) is 0 Å². The van der Waals surface area contributed by atoms with E-state index in [9.17, 15) is 8.42 Å². The van der Waals surface area contributed by atoms with Crippen LogP contribution in [0.15, 0.2) is 24.4 Å². The van der Waals surface area contributed by atoms with Gasteiger partial charge < -0.3 is 4.74 Å². The summed E-state index contributed by atoms with van der Waals surface area (Å²) in [6, 6.07) is 5.46. The molecule has 0 spiro atoms. The maximum Gasteiger partial charge on any atom is 0.211 e. The van der Waals surface area contributed by atoms with Gasteiger partial charge in [0.15, 0.2) is 0 Å². The average molecular weight is 307 g/mol. The summed E-state index contributed by atoms with van der Waals surface area (Å²) in [6.07, 6.45) is 2.71. The van der Waals surface area contributed by atoms with Gasteiger partial charge in [-0.15, -0.1) is 11.6 Å². The topological polar surface area (TPSA) is 68.3 Å². The van der Waals surface area contributed by atoms with Crippen LogP contribution < -0.4 is 4.72 Å². The number of hydrogen-bond acceptors (Lipinski definition) is 4. The van der Waals surface area contributed by atoms with Gasteiger partial charge in [-0.3, -0.25) is 4.98 Å². The molecule has 0 aliphatic carbocycles. The molecule has 1 N–H and O–H groups in total. The third-order valence-corrected chi connectivity index (χ3v) is 3.90. The lowest BCUT2D eigenvalue weighted by Crippen LogP contribution is -2.29. The van der Waals surface area contributed by atoms with E-state index in [0.717, 1.165) is 5.69 Å². The summed E-state index contributed by atoms with van der Waals surface area (Å²) in [4.78, 5) is 4.09. The van der Waals surface area contributed by atoms with Gasteiger partial charge in [0.1, 0.15) is 0 Å². The number of aromatic nitrogens is 1. The maximum absolute atomic E-state index is 11.7. The van der Waals surface area contributed by atoms with Crippen LogP contribution in [0.5, 0.6) is 0 Å². The van der Waals surface area contributed by atoms with Crippen LogP contribution in [0.3, 0.4) is 0 Å². The first-order valence-electron chi connectivity index (χ1n) is 6.15. The Balaban J connectivity index is 2.17. The molecule has 0 saturated heterocycles. The van der Waals surface area contributed by atoms with Gasteiger partial charge in [-0.2, -0.15) is 0 Å². The molecule has 0 radical (unpaired) electrons. The Bertz CT molecular complexity index is 440. The number of nitrogens with one attached hydrogen (secondary N) is 1. The van der Waals surface area contributed by atoms with E-state index in [1.807, 2.05) is 12.1 Å². The molecule has 7 heteroatoms. The predicted octanol–water partition coefficient (Wildman–Crippen LogP) is 1.19. The first kappa shape index (κ1) is 16.4. The summed E-state index contributed by atoms with van der Waals surface area (Å²) in [5, 5.41) is 0. The van der Waals surface area contributed by atoms with E-state index in [0.29, 0.717) is 38.5 Å². The van der Waals surface area contributed by atoms with Crippen LogP contribution in [0, 0.1) is 0 Å². The third-order valence-electron chi connectivity index (χ3n) is 2.36. The first-order valence-corrected chi connectivity index (χ1v) is 8.34. The zero-order valence-corrected chi connectivity index (χ0v) is 12.3. The van der Waals surface area contributed by atoms with E-state index in [1.165, 1.54) is 0 Å². The largest absolute Gasteiger partial charge is 0.380 e. The minimum absolute atomic E-state index is 0.0482. The standard InChI is InChI=1S/C12H19ClN2O3S/c13-6-10-18-9-3-8-15-19(16,17)11-5-12-4-1-2-7-14-12/h1-2,4,7,15H,3,5-6,8-11H2. The second-order valence-corrected chi connectivity index (χ2v) is 6.24. The van der Waals surface area contributed by atoms with Gasteiger partial charge in [0.2, 0.25) is 10.0 Å². The van der Waals surface area contributed by atoms with E-state index < -0.39 is 10.0 Å². The molecule has 0 amide bonds. The number of aryl methyl sites for hydroxylation is 1. The molecular formula is C12H19ClN2O3S. The Morgan fingerprint density at radius 1 is 1.32 bits per heavy atom. The summed E-state index contributed by atoms with van der Waals surface area (Å²) in [7, 11) is -3.24. The highest BCUT2D eigenvalue weighted by Crippen LogP contribution is 1.97. The second kappa shape index (κ2) is 9.25. The van der Waals surface area contributed by atoms with Crippen LogP contribution in [-0.4, -0.2) is 44.8 Å². The highest BCUT2D eigenvalue weighted by molar-refractivity contribution is 7.89. The molecule has 0 bridgehead atoms. The molecule has 0 saturated carbocycles. The average Bonchev–Trinajstić information content (AvgIpc) is 2.42. The van der Waals surface area contributed by atoms with Crippen molar-refractivity contribution in [2.75, 3.05) is 31.4 Å². The van der Waals surface area contributed by atoms with Gasteiger partial charge in [0.05, 0.1) is 12.4 Å². The summed E-state index contributed by atoms with van der Waals surface area (Å²) in [5.74, 6) is 0.502. The van der Waals surface area contributed by atoms with Gasteiger partial charge in [0, 0.05) is 37.3 Å². The van der Waals surface area contributed by atoms with Crippen LogP contribution in [-0.2, 0) is 21.2 Å². The Labute approximate surface area is 119 Å². The van der Waals surface area contributed by atoms with Crippen LogP contribution in [0.2, 0.25) is 0 Å². The Kier molecular flexibility index (Phi) is 7.97. The number of nitrogens with zero attached hydrogens (tertiary/aromatic N) is 1. The third kappa shape index (κ3) is 8.15. The van der Waals surface area contributed by atoms with Crippen LogP contribution in [0.25, 0.3) is 0 Å². The van der Waals surface area contributed by atoms with Gasteiger partial charge in [-0.25, -0.2) is 13.1 Å². The number of rotatable bonds is 10. The first-order chi connectivity index (χ1) is 9.14. The SMILES string of the molecule is O=S(=O)(CCc1ccccn1)NCCCOCCCl. The normalized spacial score (nSPS) is 11.6. The van der Waals surface area contributed by atoms with Crippen molar-refractivity contribution in [3.8, 4) is 0 Å². The molecule has 0 aliphatic rings. The summed E-state index contributed by atoms with van der Waals surface area (Å²) < 4.78 is 31.1. The van der Waals surface area contributed by atoms with Gasteiger partial charge in [0.25, 0.3) is 0 Å². The summed E-state index contributed by atoms with van der Waals surface area (Å²) in [5.41, 5.74) is 0.776. The molecule has 19 heavy (non-hydrogen) atoms. The maximum atomic E-state index is 11.7. The zero-order valence-electron chi connectivity index (χ0n) is 10.7. The van der Waals surface area contributed by atoms with Gasteiger partial charge in [-0.05, 0) is 18.6 Å². The van der Waals surface area contributed by atoms with Crippen molar-refractivity contribution in [2.24, 2.45) is 0 Å². The van der Waals surface area contributed by atoms with E-state index in [1.54, 1.807) is 12.3 Å². The summed E-state index contributed by atoms with van der Waals surface area (Å²) in [6.45, 7) is 1.39. The highest BCUT2D eigenvalue weighted by Gasteiger charge is 2.09. The zero-order chi connectivity index (χ0) is 14.0. The second-order valence-electron chi connectivity index (χ2n) is 3.94. The van der Waals surface area contributed by atoms with Gasteiger partial charge >= 0.3 is 0 Å². The van der Waals surface area contributed by atoms with Gasteiger partial charge in [-0.1, -0.05) is 6.07 Å². The molecule has 1 aromatic heterocycles. The molecule has 0 atom stereocenters. The molecule has 1 rings (SSSR count). The van der Waals surface area contributed by atoms with Crippen molar-refractivity contribution in [1.29, 1.82) is 0 Å². The fraction of sp³-hybridized carbons (Fsp3) is 0.583. The van der Waals surface area contributed by atoms with Crippen molar-refractivity contribution >= 4 is 21.6 Å². The Morgan fingerprint density at radius 3 is 2.84 bits per heavy atom. The minimum atomic E-state index is -3.24. The molecule has 0 aliphatic heterocycles. The molecule has 0 aromatic carbocycles. The lowest BCUT2D eigenvalue weighted by Gasteiger charge is -2.06. The van der Waals surface area contributed by atoms with Crippen molar-refractivity contribution in [3.63, 3.8) is 0 Å². The molecule has 0 unspecified atom stereocenters. The fourth-order valence-electron chi connectivity index (χ4n) is 1.42. The number of halogens is 1. The number of hydrogen-bond donors (Lipinski definition) is 1. The fourth-order valence-corrected chi connectivity index (χ4v) is 2.60. The lowest BCUT2D eigenvalue weighted by atomic mass is 10.3. The molecule has 1 aromatic rings. The van der Waals surface area contributed by atoms with Crippen LogP contribution >= 0.6 is 11.6 Å². The number of alkyl halides is 1. The number of pyridine rings is 1. The van der Waals surface area contributed by atoms with E-state index in [-0.39, 0.29) is 5.75 Å². The number of ether oxygens (including phenoxy) is 1. The highest BCUT2D eigenvalue weighted by atomic mass is 35.5. The monoisotopic (exact) mass is 306 g/mol. The van der Waals surface area contributed by atoms with E-state index >= 15 is 0 Å². The molecule has 1 heterocycles. The van der Waals surface area contributed by atoms with E-state index in [2.05, 4.69) is 9.71 Å². The predicted molar refractivity (Wildman–Crippen MR) is 75.9 cm³/mol. The van der Waals surface area contributed by atoms with Crippen molar-refractivity contribution in [3.05, 3.63) is 30.1 Å². The molecule has 0 fully saturated rings. The van der Waals surface area contributed by atoms with Crippen molar-refractivity contribution in [1.82, 2.24) is 9.71 Å². The molecule has 5 nitrogen and oxygen atoms in total.